The summed E-state index contributed by atoms with van der Waals surface area (Å²) in [5.41, 5.74) is 2.81. The molecule has 28 heavy (non-hydrogen) atoms. The Morgan fingerprint density at radius 1 is 0.929 bits per heavy atom. The Balaban J connectivity index is 1.86. The van der Waals surface area contributed by atoms with Gasteiger partial charge >= 0.3 is 0 Å². The van der Waals surface area contributed by atoms with Gasteiger partial charge < -0.3 is 19.5 Å². The van der Waals surface area contributed by atoms with Gasteiger partial charge in [0.15, 0.2) is 11.5 Å². The fourth-order valence-electron chi connectivity index (χ4n) is 4.27. The van der Waals surface area contributed by atoms with Crippen LogP contribution in [0.15, 0.2) is 30.4 Å². The predicted molar refractivity (Wildman–Crippen MR) is 114 cm³/mol. The zero-order valence-corrected chi connectivity index (χ0v) is 18.0. The molecule has 148 valence electrons. The van der Waals surface area contributed by atoms with Crippen LogP contribution in [-0.4, -0.2) is 21.3 Å². The molecule has 4 rings (SSSR count). The lowest BCUT2D eigenvalue weighted by Crippen LogP contribution is -2.29. The number of fused-ring (bicyclic) bond motifs is 3. The monoisotopic (exact) mass is 439 g/mol. The first-order chi connectivity index (χ1) is 13.5. The van der Waals surface area contributed by atoms with Crippen LogP contribution in [0.1, 0.15) is 29.5 Å². The molecule has 1 aliphatic carbocycles. The third kappa shape index (κ3) is 2.99. The van der Waals surface area contributed by atoms with Crippen molar-refractivity contribution in [1.82, 2.24) is 0 Å². The topological polar surface area (TPSA) is 39.7 Å². The molecule has 0 amide bonds. The van der Waals surface area contributed by atoms with Crippen LogP contribution in [0.2, 0.25) is 15.1 Å². The Morgan fingerprint density at radius 2 is 1.61 bits per heavy atom. The number of allylic oxidation sites excluding steroid dienone is 2. The molecule has 0 bridgehead atoms. The number of methoxy groups -OCH3 is 3. The van der Waals surface area contributed by atoms with Crippen LogP contribution in [0.25, 0.3) is 0 Å². The quantitative estimate of drug-likeness (QED) is 0.435. The molecule has 0 fully saturated rings. The highest BCUT2D eigenvalue weighted by atomic mass is 35.5. The van der Waals surface area contributed by atoms with Gasteiger partial charge in [0.2, 0.25) is 5.75 Å². The molecule has 2 aromatic rings. The highest BCUT2D eigenvalue weighted by Gasteiger charge is 2.41. The van der Waals surface area contributed by atoms with E-state index < -0.39 is 0 Å². The van der Waals surface area contributed by atoms with E-state index >= 15 is 0 Å². The number of anilines is 1. The molecule has 7 heteroatoms. The Hall–Kier alpha value is -1.75. The van der Waals surface area contributed by atoms with E-state index in [0.717, 1.165) is 23.2 Å². The smallest absolute Gasteiger partial charge is 0.203 e. The van der Waals surface area contributed by atoms with E-state index in [1.807, 2.05) is 12.1 Å². The molecular weight excluding hydrogens is 421 g/mol. The molecule has 1 heterocycles. The van der Waals surface area contributed by atoms with E-state index in [2.05, 4.69) is 17.5 Å². The van der Waals surface area contributed by atoms with Crippen molar-refractivity contribution in [3.05, 3.63) is 56.5 Å². The minimum absolute atomic E-state index is 0.00375. The van der Waals surface area contributed by atoms with Crippen molar-refractivity contribution < 1.29 is 14.2 Å². The maximum absolute atomic E-state index is 6.56. The van der Waals surface area contributed by atoms with Gasteiger partial charge in [-0.3, -0.25) is 0 Å². The highest BCUT2D eigenvalue weighted by molar-refractivity contribution is 6.44. The summed E-state index contributed by atoms with van der Waals surface area (Å²) in [5.74, 6) is 2.20. The zero-order chi connectivity index (χ0) is 20.0. The van der Waals surface area contributed by atoms with Gasteiger partial charge in [-0.25, -0.2) is 0 Å². The lowest BCUT2D eigenvalue weighted by atomic mass is 9.77. The summed E-state index contributed by atoms with van der Waals surface area (Å²) in [7, 11) is 4.82. The number of hydrogen-bond acceptors (Lipinski definition) is 4. The van der Waals surface area contributed by atoms with Crippen molar-refractivity contribution in [2.75, 3.05) is 26.6 Å². The molecule has 2 aromatic carbocycles. The predicted octanol–water partition coefficient (Wildman–Crippen LogP) is 6.50. The van der Waals surface area contributed by atoms with Gasteiger partial charge in [-0.05, 0) is 36.1 Å². The van der Waals surface area contributed by atoms with E-state index in [4.69, 9.17) is 49.0 Å². The van der Waals surface area contributed by atoms with E-state index in [1.165, 1.54) is 0 Å². The normalized spacial score (nSPS) is 22.3. The SMILES string of the molecule is COc1cc(C2Nc3c(Cl)cc(Cl)c(Cl)c3C3C=CCC32)cc(OC)c1OC. The number of rotatable bonds is 4. The molecule has 3 atom stereocenters. The molecule has 0 radical (unpaired) electrons. The third-order valence-electron chi connectivity index (χ3n) is 5.53. The average molecular weight is 441 g/mol. The molecule has 3 unspecified atom stereocenters. The molecule has 0 saturated carbocycles. The molecular formula is C21H20Cl3NO3. The van der Waals surface area contributed by atoms with E-state index in [9.17, 15) is 0 Å². The standard InChI is InChI=1S/C21H20Cl3NO3/c1-26-15-7-10(8-16(27-2)21(15)28-3)19-12-6-4-5-11(12)17-18(24)13(22)9-14(23)20(17)25-19/h4-5,7-9,11-12,19,25H,6H2,1-3H3. The van der Waals surface area contributed by atoms with Crippen molar-refractivity contribution in [2.45, 2.75) is 18.4 Å². The van der Waals surface area contributed by atoms with Crippen LogP contribution in [0.4, 0.5) is 5.69 Å². The summed E-state index contributed by atoms with van der Waals surface area (Å²) in [6.45, 7) is 0. The van der Waals surface area contributed by atoms with Crippen molar-refractivity contribution in [3.8, 4) is 17.2 Å². The first-order valence-corrected chi connectivity index (χ1v) is 10.0. The Bertz CT molecular complexity index is 935. The fourth-order valence-corrected chi connectivity index (χ4v) is 5.08. The van der Waals surface area contributed by atoms with Crippen molar-refractivity contribution in [3.63, 3.8) is 0 Å². The average Bonchev–Trinajstić information content (AvgIpc) is 3.19. The summed E-state index contributed by atoms with van der Waals surface area (Å²) in [5, 5.41) is 5.17. The van der Waals surface area contributed by atoms with Crippen LogP contribution in [-0.2, 0) is 0 Å². The second kappa shape index (κ2) is 7.58. The molecule has 1 aliphatic heterocycles. The highest BCUT2D eigenvalue weighted by Crippen LogP contribution is 2.56. The maximum atomic E-state index is 6.56. The Morgan fingerprint density at radius 3 is 2.21 bits per heavy atom. The number of nitrogens with one attached hydrogen (secondary N) is 1. The lowest BCUT2D eigenvalue weighted by Gasteiger charge is -2.38. The minimum atomic E-state index is -0.00375. The van der Waals surface area contributed by atoms with Crippen LogP contribution in [0.5, 0.6) is 17.2 Å². The lowest BCUT2D eigenvalue weighted by molar-refractivity contribution is 0.322. The molecule has 1 N–H and O–H groups in total. The van der Waals surface area contributed by atoms with E-state index in [-0.39, 0.29) is 17.9 Å². The van der Waals surface area contributed by atoms with E-state index in [0.29, 0.717) is 32.3 Å². The van der Waals surface area contributed by atoms with Crippen LogP contribution in [0, 0.1) is 5.92 Å². The number of hydrogen-bond donors (Lipinski definition) is 1. The molecule has 0 spiro atoms. The van der Waals surface area contributed by atoms with Gasteiger partial charge in [0.25, 0.3) is 0 Å². The van der Waals surface area contributed by atoms with Crippen LogP contribution in [0.3, 0.4) is 0 Å². The second-order valence-electron chi connectivity index (χ2n) is 6.88. The Labute approximate surface area is 179 Å². The summed E-state index contributed by atoms with van der Waals surface area (Å²) < 4.78 is 16.5. The van der Waals surface area contributed by atoms with Gasteiger partial charge in [-0.1, -0.05) is 47.0 Å². The Kier molecular flexibility index (Phi) is 5.30. The van der Waals surface area contributed by atoms with Gasteiger partial charge in [0.05, 0.1) is 48.1 Å². The third-order valence-corrected chi connectivity index (χ3v) is 6.63. The van der Waals surface area contributed by atoms with E-state index in [1.54, 1.807) is 27.4 Å². The maximum Gasteiger partial charge on any atom is 0.203 e. The van der Waals surface area contributed by atoms with Gasteiger partial charge in [-0.2, -0.15) is 0 Å². The van der Waals surface area contributed by atoms with Gasteiger partial charge in [0.1, 0.15) is 0 Å². The minimum Gasteiger partial charge on any atom is -0.493 e. The van der Waals surface area contributed by atoms with Crippen molar-refractivity contribution in [1.29, 1.82) is 0 Å². The molecule has 0 saturated heterocycles. The summed E-state index contributed by atoms with van der Waals surface area (Å²) in [4.78, 5) is 0. The fraction of sp³-hybridized carbons (Fsp3) is 0.333. The largest absolute Gasteiger partial charge is 0.493 e. The summed E-state index contributed by atoms with van der Waals surface area (Å²) in [6.07, 6.45) is 5.29. The first-order valence-electron chi connectivity index (χ1n) is 8.90. The van der Waals surface area contributed by atoms with Crippen molar-refractivity contribution in [2.24, 2.45) is 5.92 Å². The summed E-state index contributed by atoms with van der Waals surface area (Å²) >= 11 is 19.4. The van der Waals surface area contributed by atoms with Crippen LogP contribution >= 0.6 is 34.8 Å². The number of halogens is 3. The second-order valence-corrected chi connectivity index (χ2v) is 8.07. The molecule has 2 aliphatic rings. The van der Waals surface area contributed by atoms with Gasteiger partial charge in [0, 0.05) is 11.5 Å². The molecule has 4 nitrogen and oxygen atoms in total. The number of ether oxygens (including phenoxy) is 3. The summed E-state index contributed by atoms with van der Waals surface area (Å²) in [6, 6.07) is 5.63. The number of benzene rings is 2. The first kappa shape index (κ1) is 19.6. The zero-order valence-electron chi connectivity index (χ0n) is 15.7. The van der Waals surface area contributed by atoms with Crippen molar-refractivity contribution >= 4 is 40.5 Å². The van der Waals surface area contributed by atoms with Gasteiger partial charge in [-0.15, -0.1) is 0 Å². The molecule has 0 aromatic heterocycles. The van der Waals surface area contributed by atoms with Crippen LogP contribution < -0.4 is 19.5 Å².